The highest BCUT2D eigenvalue weighted by Crippen LogP contribution is 2.49. The number of hydrogen-bond donors (Lipinski definition) is 1. The van der Waals surface area contributed by atoms with Crippen LogP contribution < -0.4 is 5.32 Å². The Balaban J connectivity index is 1.49. The van der Waals surface area contributed by atoms with Gasteiger partial charge in [-0.1, -0.05) is 43.7 Å². The molecule has 0 amide bonds. The van der Waals surface area contributed by atoms with E-state index in [9.17, 15) is 0 Å². The molecule has 0 radical (unpaired) electrons. The van der Waals surface area contributed by atoms with E-state index in [1.54, 1.807) is 0 Å². The molecule has 1 aromatic carbocycles. The van der Waals surface area contributed by atoms with Gasteiger partial charge < -0.3 is 5.32 Å². The normalized spacial score (nSPS) is 32.4. The van der Waals surface area contributed by atoms with Gasteiger partial charge in [0.1, 0.15) is 0 Å². The van der Waals surface area contributed by atoms with Gasteiger partial charge in [0.25, 0.3) is 0 Å². The summed E-state index contributed by atoms with van der Waals surface area (Å²) in [5.41, 5.74) is 1.45. The molecule has 19 heavy (non-hydrogen) atoms. The molecule has 0 aliphatic heterocycles. The summed E-state index contributed by atoms with van der Waals surface area (Å²) in [6.45, 7) is 5.85. The molecule has 5 unspecified atom stereocenters. The van der Waals surface area contributed by atoms with Gasteiger partial charge in [-0.25, -0.2) is 0 Å². The van der Waals surface area contributed by atoms with Crippen LogP contribution in [0.4, 0.5) is 0 Å². The van der Waals surface area contributed by atoms with Crippen LogP contribution in [-0.4, -0.2) is 12.6 Å². The van der Waals surface area contributed by atoms with Crippen LogP contribution >= 0.6 is 0 Å². The first-order valence-electron chi connectivity index (χ1n) is 8.02. The minimum atomic E-state index is 0.613. The van der Waals surface area contributed by atoms with Gasteiger partial charge in [0, 0.05) is 12.6 Å². The molecule has 0 spiro atoms. The molecule has 1 nitrogen and oxygen atoms in total. The van der Waals surface area contributed by atoms with Crippen LogP contribution in [0.15, 0.2) is 30.3 Å². The zero-order valence-corrected chi connectivity index (χ0v) is 12.3. The number of rotatable bonds is 5. The molecule has 1 N–H and O–H groups in total. The monoisotopic (exact) mass is 257 g/mol. The van der Waals surface area contributed by atoms with E-state index in [1.165, 1.54) is 31.2 Å². The maximum Gasteiger partial charge on any atom is 0.00699 e. The lowest BCUT2D eigenvalue weighted by Crippen LogP contribution is -2.38. The highest BCUT2D eigenvalue weighted by Gasteiger charge is 2.41. The number of hydrogen-bond acceptors (Lipinski definition) is 1. The van der Waals surface area contributed by atoms with Crippen LogP contribution in [0, 0.1) is 17.8 Å². The Bertz CT molecular complexity index is 399. The van der Waals surface area contributed by atoms with Crippen molar-refractivity contribution in [2.24, 2.45) is 17.8 Å². The first kappa shape index (κ1) is 13.2. The van der Waals surface area contributed by atoms with Crippen molar-refractivity contribution in [1.82, 2.24) is 5.32 Å². The maximum atomic E-state index is 3.81. The summed E-state index contributed by atoms with van der Waals surface area (Å²) in [5, 5.41) is 3.81. The molecule has 3 rings (SSSR count). The summed E-state index contributed by atoms with van der Waals surface area (Å²) in [7, 11) is 0. The Morgan fingerprint density at radius 2 is 1.89 bits per heavy atom. The van der Waals surface area contributed by atoms with Crippen molar-refractivity contribution in [2.45, 2.75) is 51.5 Å². The Labute approximate surface area is 117 Å². The predicted molar refractivity (Wildman–Crippen MR) is 81.3 cm³/mol. The van der Waals surface area contributed by atoms with Crippen molar-refractivity contribution in [3.63, 3.8) is 0 Å². The highest BCUT2D eigenvalue weighted by atomic mass is 14.9. The molecular weight excluding hydrogens is 230 g/mol. The third-order valence-corrected chi connectivity index (χ3v) is 5.55. The maximum absolute atomic E-state index is 3.81. The fourth-order valence-electron chi connectivity index (χ4n) is 4.32. The van der Waals surface area contributed by atoms with Gasteiger partial charge in [0.15, 0.2) is 0 Å². The van der Waals surface area contributed by atoms with Gasteiger partial charge >= 0.3 is 0 Å². The van der Waals surface area contributed by atoms with Gasteiger partial charge in [-0.3, -0.25) is 0 Å². The minimum Gasteiger partial charge on any atom is -0.313 e. The van der Waals surface area contributed by atoms with Crippen molar-refractivity contribution < 1.29 is 0 Å². The molecule has 2 bridgehead atoms. The van der Waals surface area contributed by atoms with Crippen LogP contribution in [0.1, 0.15) is 51.0 Å². The quantitative estimate of drug-likeness (QED) is 0.833. The largest absolute Gasteiger partial charge is 0.313 e. The molecule has 1 heteroatoms. The third kappa shape index (κ3) is 2.86. The molecular formula is C18H27N. The standard InChI is InChI=1S/C18H27N/c1-13(16-6-4-3-5-7-16)12-19-14(2)18-11-15-8-9-17(18)10-15/h3-7,13-15,17-19H,8-12H2,1-2H3. The Hall–Kier alpha value is -0.820. The Morgan fingerprint density at radius 3 is 2.53 bits per heavy atom. The SMILES string of the molecule is CC(CNC(C)C1CC2CCC1C2)c1ccccc1. The summed E-state index contributed by atoms with van der Waals surface area (Å²) in [6.07, 6.45) is 6.01. The van der Waals surface area contributed by atoms with Gasteiger partial charge in [-0.05, 0) is 55.4 Å². The van der Waals surface area contributed by atoms with Crippen LogP contribution in [0.25, 0.3) is 0 Å². The second-order valence-electron chi connectivity index (χ2n) is 6.85. The van der Waals surface area contributed by atoms with Gasteiger partial charge in [0.2, 0.25) is 0 Å². The van der Waals surface area contributed by atoms with E-state index in [2.05, 4.69) is 49.5 Å². The van der Waals surface area contributed by atoms with Crippen molar-refractivity contribution >= 4 is 0 Å². The zero-order chi connectivity index (χ0) is 13.2. The molecule has 0 heterocycles. The summed E-state index contributed by atoms with van der Waals surface area (Å²) >= 11 is 0. The highest BCUT2D eigenvalue weighted by molar-refractivity contribution is 5.19. The van der Waals surface area contributed by atoms with Crippen LogP contribution in [0.3, 0.4) is 0 Å². The summed E-state index contributed by atoms with van der Waals surface area (Å²) in [4.78, 5) is 0. The number of nitrogens with one attached hydrogen (secondary N) is 1. The van der Waals surface area contributed by atoms with Gasteiger partial charge in [-0.2, -0.15) is 0 Å². The summed E-state index contributed by atoms with van der Waals surface area (Å²) in [6, 6.07) is 11.6. The number of benzene rings is 1. The van der Waals surface area contributed by atoms with Crippen molar-refractivity contribution in [2.75, 3.05) is 6.54 Å². The first-order valence-corrected chi connectivity index (χ1v) is 8.02. The molecule has 2 aliphatic rings. The van der Waals surface area contributed by atoms with E-state index < -0.39 is 0 Å². The van der Waals surface area contributed by atoms with Gasteiger partial charge in [0.05, 0.1) is 0 Å². The molecule has 1 aromatic rings. The van der Waals surface area contributed by atoms with Crippen molar-refractivity contribution in [3.8, 4) is 0 Å². The topological polar surface area (TPSA) is 12.0 Å². The average molecular weight is 257 g/mol. The smallest absolute Gasteiger partial charge is 0.00699 e. The Kier molecular flexibility index (Phi) is 3.93. The van der Waals surface area contributed by atoms with E-state index in [0.717, 1.165) is 24.3 Å². The van der Waals surface area contributed by atoms with E-state index in [0.29, 0.717) is 12.0 Å². The van der Waals surface area contributed by atoms with Crippen molar-refractivity contribution in [1.29, 1.82) is 0 Å². The zero-order valence-electron chi connectivity index (χ0n) is 12.3. The fourth-order valence-corrected chi connectivity index (χ4v) is 4.32. The molecule has 0 saturated heterocycles. The fraction of sp³-hybridized carbons (Fsp3) is 0.667. The minimum absolute atomic E-state index is 0.613. The lowest BCUT2D eigenvalue weighted by Gasteiger charge is -2.29. The van der Waals surface area contributed by atoms with E-state index in [-0.39, 0.29) is 0 Å². The third-order valence-electron chi connectivity index (χ3n) is 5.55. The Morgan fingerprint density at radius 1 is 1.11 bits per heavy atom. The van der Waals surface area contributed by atoms with E-state index in [1.807, 2.05) is 0 Å². The summed E-state index contributed by atoms with van der Waals surface area (Å²) in [5.74, 6) is 3.65. The molecule has 2 saturated carbocycles. The van der Waals surface area contributed by atoms with Gasteiger partial charge in [-0.15, -0.1) is 0 Å². The van der Waals surface area contributed by atoms with Crippen LogP contribution in [0.5, 0.6) is 0 Å². The average Bonchev–Trinajstić information content (AvgIpc) is 3.08. The predicted octanol–water partition coefficient (Wildman–Crippen LogP) is 4.20. The van der Waals surface area contributed by atoms with Crippen LogP contribution in [0.2, 0.25) is 0 Å². The molecule has 2 aliphatic carbocycles. The second-order valence-corrected chi connectivity index (χ2v) is 6.85. The summed E-state index contributed by atoms with van der Waals surface area (Å²) < 4.78 is 0. The van der Waals surface area contributed by atoms with E-state index >= 15 is 0 Å². The molecule has 104 valence electrons. The number of fused-ring (bicyclic) bond motifs is 2. The molecule has 5 atom stereocenters. The lowest BCUT2D eigenvalue weighted by molar-refractivity contribution is 0.258. The first-order chi connectivity index (χ1) is 9.24. The molecule has 0 aromatic heterocycles. The molecule has 2 fully saturated rings. The van der Waals surface area contributed by atoms with Crippen LogP contribution in [-0.2, 0) is 0 Å². The lowest BCUT2D eigenvalue weighted by atomic mass is 9.84. The van der Waals surface area contributed by atoms with Crippen molar-refractivity contribution in [3.05, 3.63) is 35.9 Å². The second kappa shape index (κ2) is 5.66. The van der Waals surface area contributed by atoms with E-state index in [4.69, 9.17) is 0 Å².